The first kappa shape index (κ1) is 16.0. The van der Waals surface area contributed by atoms with Crippen LogP contribution in [0.3, 0.4) is 0 Å². The zero-order valence-electron chi connectivity index (χ0n) is 13.3. The highest BCUT2D eigenvalue weighted by Crippen LogP contribution is 2.22. The number of carbonyl (C=O) groups excluding carboxylic acids is 1. The van der Waals surface area contributed by atoms with Crippen LogP contribution in [0.2, 0.25) is 5.02 Å². The number of halogens is 1. The van der Waals surface area contributed by atoms with Gasteiger partial charge in [-0.15, -0.1) is 5.10 Å². The molecule has 0 saturated carbocycles. The van der Waals surface area contributed by atoms with Crippen LogP contribution in [0.5, 0.6) is 0 Å². The Kier molecular flexibility index (Phi) is 4.63. The Labute approximate surface area is 140 Å². The molecule has 0 unspecified atom stereocenters. The average molecular weight is 334 g/mol. The smallest absolute Gasteiger partial charge is 0.293 e. The lowest BCUT2D eigenvalue weighted by Crippen LogP contribution is -2.41. The Morgan fingerprint density at radius 1 is 1.43 bits per heavy atom. The second kappa shape index (κ2) is 6.68. The summed E-state index contributed by atoms with van der Waals surface area (Å²) in [7, 11) is 1.90. The van der Waals surface area contributed by atoms with Crippen LogP contribution in [-0.2, 0) is 0 Å². The molecule has 1 aromatic carbocycles. The molecule has 1 aromatic heterocycles. The lowest BCUT2D eigenvalue weighted by Gasteiger charge is -2.23. The van der Waals surface area contributed by atoms with Gasteiger partial charge in [0.1, 0.15) is 5.82 Å². The van der Waals surface area contributed by atoms with Crippen molar-refractivity contribution in [3.05, 3.63) is 40.9 Å². The number of hydrogen-bond donors (Lipinski definition) is 1. The number of carbonyl (C=O) groups is 1. The maximum Gasteiger partial charge on any atom is 0.293 e. The molecule has 0 aliphatic carbocycles. The second-order valence-electron chi connectivity index (χ2n) is 5.70. The van der Waals surface area contributed by atoms with Crippen molar-refractivity contribution in [2.45, 2.75) is 25.8 Å². The van der Waals surface area contributed by atoms with E-state index in [-0.39, 0.29) is 17.8 Å². The fourth-order valence-electron chi connectivity index (χ4n) is 3.01. The van der Waals surface area contributed by atoms with Crippen molar-refractivity contribution >= 4 is 17.5 Å². The minimum absolute atomic E-state index is 0.114. The minimum atomic E-state index is -0.114. The molecule has 1 N–H and O–H groups in total. The third-order valence-electron chi connectivity index (χ3n) is 4.12. The van der Waals surface area contributed by atoms with Crippen molar-refractivity contribution in [2.75, 3.05) is 20.1 Å². The van der Waals surface area contributed by atoms with Gasteiger partial charge in [-0.25, -0.2) is 9.67 Å². The third-order valence-corrected chi connectivity index (χ3v) is 4.44. The lowest BCUT2D eigenvalue weighted by atomic mass is 10.2. The van der Waals surface area contributed by atoms with Crippen molar-refractivity contribution < 1.29 is 4.79 Å². The van der Waals surface area contributed by atoms with Crippen molar-refractivity contribution in [1.29, 1.82) is 0 Å². The number of aryl methyl sites for hydroxylation is 1. The molecule has 7 heteroatoms. The Balaban J connectivity index is 1.89. The van der Waals surface area contributed by atoms with E-state index in [1.54, 1.807) is 10.7 Å². The number of nitrogens with zero attached hydrogens (tertiary/aromatic N) is 4. The fourth-order valence-corrected chi connectivity index (χ4v) is 3.23. The molecule has 1 saturated heterocycles. The van der Waals surface area contributed by atoms with Gasteiger partial charge in [0.2, 0.25) is 5.82 Å². The first-order valence-electron chi connectivity index (χ1n) is 7.76. The zero-order valence-corrected chi connectivity index (χ0v) is 14.0. The Morgan fingerprint density at radius 3 is 2.96 bits per heavy atom. The summed E-state index contributed by atoms with van der Waals surface area (Å²) in [6.45, 7) is 3.36. The summed E-state index contributed by atoms with van der Waals surface area (Å²) in [5.74, 6) is 0.757. The van der Waals surface area contributed by atoms with Crippen molar-refractivity contribution in [3.63, 3.8) is 0 Å². The number of aromatic nitrogens is 3. The van der Waals surface area contributed by atoms with E-state index < -0.39 is 0 Å². The lowest BCUT2D eigenvalue weighted by molar-refractivity contribution is 0.0724. The molecule has 0 spiro atoms. The van der Waals surface area contributed by atoms with Gasteiger partial charge < -0.3 is 10.2 Å². The largest absolute Gasteiger partial charge is 0.332 e. The van der Waals surface area contributed by atoms with Gasteiger partial charge >= 0.3 is 0 Å². The SMILES string of the molecule is CNC[C@@H]1CCCN1C(=O)c1nc(C)n(-c2ccccc2Cl)n1. The molecular formula is C16H20ClN5O. The Bertz CT molecular complexity index is 714. The van der Waals surface area contributed by atoms with Crippen LogP contribution in [0.4, 0.5) is 0 Å². The predicted octanol–water partition coefficient (Wildman–Crippen LogP) is 2.05. The summed E-state index contributed by atoms with van der Waals surface area (Å²) >= 11 is 6.22. The number of hydrogen-bond acceptors (Lipinski definition) is 4. The quantitative estimate of drug-likeness (QED) is 0.930. The number of benzene rings is 1. The van der Waals surface area contributed by atoms with Crippen molar-refractivity contribution in [3.8, 4) is 5.69 Å². The number of nitrogens with one attached hydrogen (secondary N) is 1. The van der Waals surface area contributed by atoms with E-state index in [1.165, 1.54) is 0 Å². The van der Waals surface area contributed by atoms with E-state index in [0.29, 0.717) is 10.8 Å². The zero-order chi connectivity index (χ0) is 16.4. The Morgan fingerprint density at radius 2 is 2.22 bits per heavy atom. The topological polar surface area (TPSA) is 63.1 Å². The highest BCUT2D eigenvalue weighted by Gasteiger charge is 2.31. The van der Waals surface area contributed by atoms with E-state index in [9.17, 15) is 4.79 Å². The number of likely N-dealkylation sites (N-methyl/N-ethyl adjacent to an activating group) is 1. The van der Waals surface area contributed by atoms with Crippen molar-refractivity contribution in [2.24, 2.45) is 0 Å². The molecule has 122 valence electrons. The molecule has 0 bridgehead atoms. The van der Waals surface area contributed by atoms with Gasteiger partial charge in [0.25, 0.3) is 5.91 Å². The summed E-state index contributed by atoms with van der Waals surface area (Å²) in [5, 5.41) is 8.11. The molecule has 23 heavy (non-hydrogen) atoms. The number of para-hydroxylation sites is 1. The van der Waals surface area contributed by atoms with Gasteiger partial charge in [-0.2, -0.15) is 0 Å². The highest BCUT2D eigenvalue weighted by atomic mass is 35.5. The highest BCUT2D eigenvalue weighted by molar-refractivity contribution is 6.32. The molecule has 2 heterocycles. The van der Waals surface area contributed by atoms with Gasteiger partial charge in [-0.1, -0.05) is 23.7 Å². The van der Waals surface area contributed by atoms with Crippen LogP contribution in [0.15, 0.2) is 24.3 Å². The maximum atomic E-state index is 12.7. The van der Waals surface area contributed by atoms with Crippen LogP contribution < -0.4 is 5.32 Å². The van der Waals surface area contributed by atoms with E-state index >= 15 is 0 Å². The van der Waals surface area contributed by atoms with E-state index in [4.69, 9.17) is 11.6 Å². The van der Waals surface area contributed by atoms with Gasteiger partial charge in [-0.3, -0.25) is 4.79 Å². The normalized spacial score (nSPS) is 17.7. The molecule has 6 nitrogen and oxygen atoms in total. The minimum Gasteiger partial charge on any atom is -0.332 e. The summed E-state index contributed by atoms with van der Waals surface area (Å²) in [4.78, 5) is 19.0. The molecule has 1 aliphatic heterocycles. The summed E-state index contributed by atoms with van der Waals surface area (Å²) in [5.41, 5.74) is 0.728. The molecule has 3 rings (SSSR count). The average Bonchev–Trinajstić information content (AvgIpc) is 3.14. The van der Waals surface area contributed by atoms with Crippen molar-refractivity contribution in [1.82, 2.24) is 25.0 Å². The fraction of sp³-hybridized carbons (Fsp3) is 0.438. The molecule has 1 atom stereocenters. The van der Waals surface area contributed by atoms with Crippen LogP contribution >= 0.6 is 11.6 Å². The van der Waals surface area contributed by atoms with Crippen LogP contribution in [-0.4, -0.2) is 51.8 Å². The number of rotatable bonds is 4. The third kappa shape index (κ3) is 3.09. The van der Waals surface area contributed by atoms with Crippen LogP contribution in [0.1, 0.15) is 29.3 Å². The summed E-state index contributed by atoms with van der Waals surface area (Å²) < 4.78 is 1.62. The first-order valence-corrected chi connectivity index (χ1v) is 8.13. The monoisotopic (exact) mass is 333 g/mol. The number of likely N-dealkylation sites (tertiary alicyclic amines) is 1. The molecule has 0 radical (unpaired) electrons. The summed E-state index contributed by atoms with van der Waals surface area (Å²) in [6, 6.07) is 7.60. The molecule has 1 aliphatic rings. The molecular weight excluding hydrogens is 314 g/mol. The predicted molar refractivity (Wildman–Crippen MR) is 89.1 cm³/mol. The molecule has 1 fully saturated rings. The van der Waals surface area contributed by atoms with Gasteiger partial charge in [-0.05, 0) is 38.9 Å². The van der Waals surface area contributed by atoms with Gasteiger partial charge in [0.05, 0.1) is 10.7 Å². The van der Waals surface area contributed by atoms with E-state index in [0.717, 1.165) is 31.6 Å². The van der Waals surface area contributed by atoms with E-state index in [2.05, 4.69) is 15.4 Å². The van der Waals surface area contributed by atoms with Crippen LogP contribution in [0.25, 0.3) is 5.69 Å². The molecule has 2 aromatic rings. The van der Waals surface area contributed by atoms with Crippen LogP contribution in [0, 0.1) is 6.92 Å². The number of amides is 1. The first-order chi connectivity index (χ1) is 11.1. The maximum absolute atomic E-state index is 12.7. The Hall–Kier alpha value is -1.92. The standard InChI is InChI=1S/C16H20ClN5O/c1-11-19-15(16(23)21-9-5-6-12(21)10-18-2)20-22(11)14-8-4-3-7-13(14)17/h3-4,7-8,12,18H,5-6,9-10H2,1-2H3/t12-/m0/s1. The summed E-state index contributed by atoms with van der Waals surface area (Å²) in [6.07, 6.45) is 2.03. The van der Waals surface area contributed by atoms with Gasteiger partial charge in [0, 0.05) is 19.1 Å². The van der Waals surface area contributed by atoms with E-state index in [1.807, 2.05) is 37.1 Å². The molecule has 1 amide bonds. The van der Waals surface area contributed by atoms with Gasteiger partial charge in [0.15, 0.2) is 0 Å². The second-order valence-corrected chi connectivity index (χ2v) is 6.11.